The summed E-state index contributed by atoms with van der Waals surface area (Å²) >= 11 is 0. The van der Waals surface area contributed by atoms with Crippen LogP contribution in [0.2, 0.25) is 0 Å². The number of rotatable bonds is 8. The molecule has 1 rings (SSSR count). The fourth-order valence-electron chi connectivity index (χ4n) is 2.30. The molecule has 0 aliphatic carbocycles. The summed E-state index contributed by atoms with van der Waals surface area (Å²) in [4.78, 5) is 38.7. The summed E-state index contributed by atoms with van der Waals surface area (Å²) in [6.07, 6.45) is 1.93. The number of carbonyl (C=O) groups is 3. The van der Waals surface area contributed by atoms with Gasteiger partial charge in [0.25, 0.3) is 0 Å². The molecule has 0 bridgehead atoms. The van der Waals surface area contributed by atoms with E-state index < -0.39 is 24.1 Å². The number of aromatic nitrogens is 1. The molecule has 0 aliphatic rings. The standard InChI is InChI=1S/C20H26N2O5/c1-5-6-7-8-10-17-11-9-12-18(22-17)20(27-16(4)25)19(21-14(2)23)13-26-15(3)24/h9,11-12,19-20H,5-7,13H2,1-4H3,(H,21,23). The van der Waals surface area contributed by atoms with Crippen molar-refractivity contribution in [3.63, 3.8) is 0 Å². The van der Waals surface area contributed by atoms with Gasteiger partial charge in [-0.15, -0.1) is 0 Å². The van der Waals surface area contributed by atoms with Gasteiger partial charge < -0.3 is 14.8 Å². The monoisotopic (exact) mass is 374 g/mol. The highest BCUT2D eigenvalue weighted by atomic mass is 16.6. The number of hydrogen-bond acceptors (Lipinski definition) is 6. The zero-order valence-electron chi connectivity index (χ0n) is 16.2. The first kappa shape index (κ1) is 22.2. The van der Waals surface area contributed by atoms with Crippen molar-refractivity contribution in [2.75, 3.05) is 6.61 Å². The van der Waals surface area contributed by atoms with E-state index in [4.69, 9.17) is 9.47 Å². The molecule has 2 atom stereocenters. The smallest absolute Gasteiger partial charge is 0.303 e. The summed E-state index contributed by atoms with van der Waals surface area (Å²) in [5.74, 6) is 4.64. The summed E-state index contributed by atoms with van der Waals surface area (Å²) in [5.41, 5.74) is 0.952. The Balaban J connectivity index is 3.14. The van der Waals surface area contributed by atoms with E-state index in [1.807, 2.05) is 0 Å². The number of amides is 1. The van der Waals surface area contributed by atoms with E-state index >= 15 is 0 Å². The normalized spacial score (nSPS) is 12.1. The molecule has 2 unspecified atom stereocenters. The van der Waals surface area contributed by atoms with Gasteiger partial charge in [-0.3, -0.25) is 14.4 Å². The van der Waals surface area contributed by atoms with Crippen LogP contribution in [0.4, 0.5) is 0 Å². The van der Waals surface area contributed by atoms with Crippen molar-refractivity contribution in [2.45, 2.75) is 59.1 Å². The lowest BCUT2D eigenvalue weighted by Crippen LogP contribution is -2.43. The van der Waals surface area contributed by atoms with Crippen LogP contribution in [-0.2, 0) is 23.9 Å². The SMILES string of the molecule is CCCCC#Cc1cccc(C(OC(C)=O)C(COC(C)=O)NC(C)=O)n1. The van der Waals surface area contributed by atoms with E-state index in [-0.39, 0.29) is 12.5 Å². The summed E-state index contributed by atoms with van der Waals surface area (Å²) in [6.45, 7) is 5.79. The first-order valence-electron chi connectivity index (χ1n) is 8.87. The molecule has 146 valence electrons. The lowest BCUT2D eigenvalue weighted by molar-refractivity contribution is -0.152. The number of ether oxygens (including phenoxy) is 2. The van der Waals surface area contributed by atoms with Gasteiger partial charge in [0.1, 0.15) is 18.3 Å². The predicted octanol–water partition coefficient (Wildman–Crippen LogP) is 2.30. The molecule has 0 saturated carbocycles. The molecule has 0 radical (unpaired) electrons. The van der Waals surface area contributed by atoms with Crippen molar-refractivity contribution < 1.29 is 23.9 Å². The predicted molar refractivity (Wildman–Crippen MR) is 99.4 cm³/mol. The van der Waals surface area contributed by atoms with E-state index in [2.05, 4.69) is 29.1 Å². The highest BCUT2D eigenvalue weighted by molar-refractivity contribution is 5.73. The molecule has 0 fully saturated rings. The summed E-state index contributed by atoms with van der Waals surface area (Å²) in [6, 6.07) is 4.41. The van der Waals surface area contributed by atoms with Gasteiger partial charge in [0.05, 0.1) is 5.69 Å². The summed E-state index contributed by atoms with van der Waals surface area (Å²) in [5, 5.41) is 2.65. The zero-order valence-corrected chi connectivity index (χ0v) is 16.2. The Morgan fingerprint density at radius 3 is 2.52 bits per heavy atom. The first-order valence-corrected chi connectivity index (χ1v) is 8.87. The van der Waals surface area contributed by atoms with Crippen LogP contribution in [0.3, 0.4) is 0 Å². The van der Waals surface area contributed by atoms with E-state index in [1.54, 1.807) is 18.2 Å². The zero-order chi connectivity index (χ0) is 20.2. The van der Waals surface area contributed by atoms with Gasteiger partial charge in [-0.25, -0.2) is 4.98 Å². The van der Waals surface area contributed by atoms with E-state index in [9.17, 15) is 14.4 Å². The van der Waals surface area contributed by atoms with Crippen molar-refractivity contribution in [3.05, 3.63) is 29.6 Å². The van der Waals surface area contributed by atoms with Crippen molar-refractivity contribution >= 4 is 17.8 Å². The van der Waals surface area contributed by atoms with Gasteiger partial charge in [0.15, 0.2) is 6.10 Å². The van der Waals surface area contributed by atoms with Crippen molar-refractivity contribution in [2.24, 2.45) is 0 Å². The molecule has 1 aromatic heterocycles. The Morgan fingerprint density at radius 2 is 1.93 bits per heavy atom. The van der Waals surface area contributed by atoms with Gasteiger partial charge in [0.2, 0.25) is 5.91 Å². The van der Waals surface area contributed by atoms with Crippen LogP contribution >= 0.6 is 0 Å². The maximum atomic E-state index is 11.6. The second-order valence-electron chi connectivity index (χ2n) is 5.99. The van der Waals surface area contributed by atoms with E-state index in [0.29, 0.717) is 11.4 Å². The quantitative estimate of drug-likeness (QED) is 0.426. The van der Waals surface area contributed by atoms with Gasteiger partial charge in [-0.1, -0.05) is 25.3 Å². The fraction of sp³-hybridized carbons (Fsp3) is 0.500. The minimum absolute atomic E-state index is 0.152. The maximum absolute atomic E-state index is 11.6. The molecule has 0 saturated heterocycles. The van der Waals surface area contributed by atoms with Crippen molar-refractivity contribution in [3.8, 4) is 11.8 Å². The van der Waals surface area contributed by atoms with Gasteiger partial charge >= 0.3 is 11.9 Å². The molecule has 1 amide bonds. The molecule has 7 heteroatoms. The third kappa shape index (κ3) is 8.86. The number of esters is 2. The molecule has 0 aliphatic heterocycles. The molecule has 1 N–H and O–H groups in total. The van der Waals surface area contributed by atoms with Gasteiger partial charge in [-0.2, -0.15) is 0 Å². The Hall–Kier alpha value is -2.88. The number of carbonyl (C=O) groups excluding carboxylic acids is 3. The molecule has 7 nitrogen and oxygen atoms in total. The van der Waals surface area contributed by atoms with Crippen LogP contribution in [0.5, 0.6) is 0 Å². The Labute approximate surface area is 159 Å². The highest BCUT2D eigenvalue weighted by Crippen LogP contribution is 2.21. The van der Waals surface area contributed by atoms with Crippen LogP contribution in [0.15, 0.2) is 18.2 Å². The number of nitrogens with zero attached hydrogens (tertiary/aromatic N) is 1. The lowest BCUT2D eigenvalue weighted by Gasteiger charge is -2.26. The average molecular weight is 374 g/mol. The Morgan fingerprint density at radius 1 is 1.19 bits per heavy atom. The number of pyridine rings is 1. The van der Waals surface area contributed by atoms with Crippen molar-refractivity contribution in [1.29, 1.82) is 0 Å². The van der Waals surface area contributed by atoms with Crippen LogP contribution in [0.1, 0.15) is 64.4 Å². The number of unbranched alkanes of at least 4 members (excludes halogenated alkanes) is 2. The number of nitrogens with one attached hydrogen (secondary N) is 1. The van der Waals surface area contributed by atoms with Crippen LogP contribution < -0.4 is 5.32 Å². The van der Waals surface area contributed by atoms with Crippen molar-refractivity contribution in [1.82, 2.24) is 10.3 Å². The van der Waals surface area contributed by atoms with Crippen LogP contribution in [0, 0.1) is 11.8 Å². The molecule has 1 heterocycles. The third-order valence-corrected chi connectivity index (χ3v) is 3.45. The third-order valence-electron chi connectivity index (χ3n) is 3.45. The van der Waals surface area contributed by atoms with Gasteiger partial charge in [0, 0.05) is 27.2 Å². The second kappa shape index (κ2) is 11.7. The minimum Gasteiger partial charge on any atom is -0.464 e. The summed E-state index contributed by atoms with van der Waals surface area (Å²) in [7, 11) is 0. The second-order valence-corrected chi connectivity index (χ2v) is 5.99. The molecule has 0 aromatic carbocycles. The molecular formula is C20H26N2O5. The fourth-order valence-corrected chi connectivity index (χ4v) is 2.30. The van der Waals surface area contributed by atoms with E-state index in [0.717, 1.165) is 19.3 Å². The number of hydrogen-bond donors (Lipinski definition) is 1. The molecule has 0 spiro atoms. The lowest BCUT2D eigenvalue weighted by atomic mass is 10.1. The van der Waals surface area contributed by atoms with Gasteiger partial charge in [-0.05, 0) is 24.5 Å². The molecular weight excluding hydrogens is 348 g/mol. The Bertz CT molecular complexity index is 721. The maximum Gasteiger partial charge on any atom is 0.303 e. The highest BCUT2D eigenvalue weighted by Gasteiger charge is 2.29. The minimum atomic E-state index is -0.914. The summed E-state index contributed by atoms with van der Waals surface area (Å²) < 4.78 is 10.4. The largest absolute Gasteiger partial charge is 0.464 e. The molecule has 1 aromatic rings. The Kier molecular flexibility index (Phi) is 9.59. The molecule has 27 heavy (non-hydrogen) atoms. The average Bonchev–Trinajstić information content (AvgIpc) is 2.60. The van der Waals surface area contributed by atoms with Crippen LogP contribution in [-0.4, -0.2) is 35.5 Å². The van der Waals surface area contributed by atoms with Crippen LogP contribution in [0.25, 0.3) is 0 Å². The van der Waals surface area contributed by atoms with E-state index in [1.165, 1.54) is 20.8 Å². The first-order chi connectivity index (χ1) is 12.8. The topological polar surface area (TPSA) is 94.6 Å².